The maximum Gasteiger partial charge on any atom is 0.245 e. The Kier molecular flexibility index (Phi) is 3.71. The summed E-state index contributed by atoms with van der Waals surface area (Å²) in [5.74, 6) is 1.02. The molecule has 3 rings (SSSR count). The largest absolute Gasteiger partial charge is 0.360 e. The van der Waals surface area contributed by atoms with Crippen molar-refractivity contribution in [1.29, 1.82) is 0 Å². The van der Waals surface area contributed by atoms with Crippen molar-refractivity contribution in [2.45, 2.75) is 25.2 Å². The number of aromatic amines is 1. The van der Waals surface area contributed by atoms with E-state index >= 15 is 0 Å². The van der Waals surface area contributed by atoms with Crippen molar-refractivity contribution in [2.75, 3.05) is 6.54 Å². The van der Waals surface area contributed by atoms with Gasteiger partial charge in [0.05, 0.1) is 11.0 Å². The monoisotopic (exact) mass is 320 g/mol. The van der Waals surface area contributed by atoms with Gasteiger partial charge in [0.25, 0.3) is 0 Å². The predicted molar refractivity (Wildman–Crippen MR) is 81.0 cm³/mol. The maximum absolute atomic E-state index is 12.3. The molecule has 0 saturated carbocycles. The van der Waals surface area contributed by atoms with E-state index in [2.05, 4.69) is 19.8 Å². The molecule has 3 aromatic rings. The first-order chi connectivity index (χ1) is 10.5. The molecule has 0 bridgehead atoms. The molecule has 8 heteroatoms. The Balaban J connectivity index is 1.70. The molecular formula is C14H16N4O3S. The summed E-state index contributed by atoms with van der Waals surface area (Å²) in [6, 6.07) is 7.67. The zero-order valence-electron chi connectivity index (χ0n) is 12.3. The van der Waals surface area contributed by atoms with E-state index in [1.54, 1.807) is 13.8 Å². The van der Waals surface area contributed by atoms with Gasteiger partial charge in [-0.1, -0.05) is 17.3 Å². The Morgan fingerprint density at radius 2 is 2.05 bits per heavy atom. The Morgan fingerprint density at radius 1 is 1.27 bits per heavy atom. The molecule has 22 heavy (non-hydrogen) atoms. The number of fused-ring (bicyclic) bond motifs is 1. The molecule has 0 unspecified atom stereocenters. The second-order valence-corrected chi connectivity index (χ2v) is 6.71. The summed E-state index contributed by atoms with van der Waals surface area (Å²) in [7, 11) is -3.63. The van der Waals surface area contributed by atoms with Crippen LogP contribution in [0.1, 0.15) is 17.3 Å². The zero-order valence-corrected chi connectivity index (χ0v) is 13.1. The number of aromatic nitrogens is 3. The van der Waals surface area contributed by atoms with Crippen LogP contribution in [0.3, 0.4) is 0 Å². The lowest BCUT2D eigenvalue weighted by Crippen LogP contribution is -2.27. The van der Waals surface area contributed by atoms with Crippen LogP contribution in [0.2, 0.25) is 0 Å². The van der Waals surface area contributed by atoms with Crippen LogP contribution in [0.25, 0.3) is 11.0 Å². The van der Waals surface area contributed by atoms with Gasteiger partial charge in [-0.15, -0.1) is 0 Å². The van der Waals surface area contributed by atoms with E-state index in [-0.39, 0.29) is 17.2 Å². The number of hydrogen-bond donors (Lipinski definition) is 2. The van der Waals surface area contributed by atoms with Crippen molar-refractivity contribution >= 4 is 21.1 Å². The van der Waals surface area contributed by atoms with Crippen molar-refractivity contribution in [3.63, 3.8) is 0 Å². The van der Waals surface area contributed by atoms with E-state index in [9.17, 15) is 8.42 Å². The minimum Gasteiger partial charge on any atom is -0.360 e. The van der Waals surface area contributed by atoms with Gasteiger partial charge in [0, 0.05) is 13.0 Å². The topological polar surface area (TPSA) is 101 Å². The third-order valence-electron chi connectivity index (χ3n) is 3.33. The molecular weight excluding hydrogens is 304 g/mol. The van der Waals surface area contributed by atoms with Crippen LogP contribution in [0.4, 0.5) is 0 Å². The third kappa shape index (κ3) is 2.75. The van der Waals surface area contributed by atoms with Gasteiger partial charge < -0.3 is 9.51 Å². The van der Waals surface area contributed by atoms with Crippen LogP contribution >= 0.6 is 0 Å². The first-order valence-corrected chi connectivity index (χ1v) is 8.32. The molecule has 0 amide bonds. The van der Waals surface area contributed by atoms with Crippen LogP contribution in [-0.4, -0.2) is 30.1 Å². The Bertz CT molecular complexity index is 859. The van der Waals surface area contributed by atoms with E-state index < -0.39 is 10.0 Å². The lowest BCUT2D eigenvalue weighted by molar-refractivity contribution is 0.390. The first kappa shape index (κ1) is 14.7. The van der Waals surface area contributed by atoms with Crippen molar-refractivity contribution < 1.29 is 12.9 Å². The van der Waals surface area contributed by atoms with Crippen molar-refractivity contribution in [3.8, 4) is 0 Å². The summed E-state index contributed by atoms with van der Waals surface area (Å²) in [6.45, 7) is 3.42. The molecule has 0 atom stereocenters. The summed E-state index contributed by atoms with van der Waals surface area (Å²) in [5.41, 5.74) is 2.16. The Labute approximate surface area is 127 Å². The van der Waals surface area contributed by atoms with E-state index in [4.69, 9.17) is 4.52 Å². The van der Waals surface area contributed by atoms with Gasteiger partial charge in [-0.25, -0.2) is 18.1 Å². The summed E-state index contributed by atoms with van der Waals surface area (Å²) in [6.07, 6.45) is 0.470. The number of aryl methyl sites for hydroxylation is 2. The third-order valence-corrected chi connectivity index (χ3v) is 5.03. The van der Waals surface area contributed by atoms with Crippen molar-refractivity contribution in [2.24, 2.45) is 0 Å². The van der Waals surface area contributed by atoms with E-state index in [0.29, 0.717) is 12.1 Å². The first-order valence-electron chi connectivity index (χ1n) is 6.83. The highest BCUT2D eigenvalue weighted by molar-refractivity contribution is 7.89. The normalized spacial score (nSPS) is 12.1. The predicted octanol–water partition coefficient (Wildman–Crippen LogP) is 1.69. The molecule has 0 radical (unpaired) electrons. The number of H-pyrrole nitrogens is 1. The summed E-state index contributed by atoms with van der Waals surface area (Å²) >= 11 is 0. The number of hydrogen-bond acceptors (Lipinski definition) is 5. The highest BCUT2D eigenvalue weighted by Gasteiger charge is 2.23. The molecule has 2 heterocycles. The fourth-order valence-corrected chi connectivity index (χ4v) is 3.72. The van der Waals surface area contributed by atoms with Crippen LogP contribution in [-0.2, 0) is 16.4 Å². The maximum atomic E-state index is 12.3. The van der Waals surface area contributed by atoms with Crippen molar-refractivity contribution in [1.82, 2.24) is 19.8 Å². The lowest BCUT2D eigenvalue weighted by atomic mass is 10.3. The zero-order chi connectivity index (χ0) is 15.7. The second-order valence-electron chi connectivity index (χ2n) is 5.00. The molecule has 0 spiro atoms. The van der Waals surface area contributed by atoms with Gasteiger partial charge in [0.15, 0.2) is 5.76 Å². The van der Waals surface area contributed by atoms with Gasteiger partial charge in [-0.3, -0.25) is 0 Å². The number of nitrogens with one attached hydrogen (secondary N) is 2. The molecule has 0 aliphatic carbocycles. The molecule has 0 aliphatic heterocycles. The number of imidazole rings is 1. The van der Waals surface area contributed by atoms with Gasteiger partial charge >= 0.3 is 0 Å². The quantitative estimate of drug-likeness (QED) is 0.745. The minimum atomic E-state index is -3.63. The van der Waals surface area contributed by atoms with E-state index in [1.165, 1.54) is 0 Å². The molecule has 0 aliphatic rings. The molecule has 2 N–H and O–H groups in total. The minimum absolute atomic E-state index is 0.108. The summed E-state index contributed by atoms with van der Waals surface area (Å²) in [4.78, 5) is 7.68. The van der Waals surface area contributed by atoms with Gasteiger partial charge in [-0.2, -0.15) is 0 Å². The average Bonchev–Trinajstić information content (AvgIpc) is 3.01. The second kappa shape index (κ2) is 5.54. The number of para-hydroxylation sites is 2. The summed E-state index contributed by atoms with van der Waals surface area (Å²) in [5, 5.41) is 3.66. The molecule has 0 saturated heterocycles. The molecule has 1 aromatic carbocycles. The number of nitrogens with zero attached hydrogens (tertiary/aromatic N) is 2. The van der Waals surface area contributed by atoms with Gasteiger partial charge in [0.2, 0.25) is 10.0 Å². The van der Waals surface area contributed by atoms with Crippen LogP contribution in [0.15, 0.2) is 33.7 Å². The van der Waals surface area contributed by atoms with E-state index in [0.717, 1.165) is 16.9 Å². The van der Waals surface area contributed by atoms with Gasteiger partial charge in [0.1, 0.15) is 16.4 Å². The molecule has 2 aromatic heterocycles. The van der Waals surface area contributed by atoms with Crippen molar-refractivity contribution in [3.05, 3.63) is 41.5 Å². The average molecular weight is 320 g/mol. The van der Waals surface area contributed by atoms with Gasteiger partial charge in [-0.05, 0) is 26.0 Å². The van der Waals surface area contributed by atoms with Crippen LogP contribution in [0.5, 0.6) is 0 Å². The highest BCUT2D eigenvalue weighted by atomic mass is 32.2. The molecule has 116 valence electrons. The number of benzene rings is 1. The molecule has 0 fully saturated rings. The smallest absolute Gasteiger partial charge is 0.245 e. The standard InChI is InChI=1S/C14H16N4O3S/c1-9-14(10(2)21-18-9)22(19,20)15-8-7-13-16-11-5-3-4-6-12(11)17-13/h3-6,15H,7-8H2,1-2H3,(H,16,17). The number of rotatable bonds is 5. The molecule has 7 nitrogen and oxygen atoms in total. The van der Waals surface area contributed by atoms with E-state index in [1.807, 2.05) is 24.3 Å². The fourth-order valence-electron chi connectivity index (χ4n) is 2.36. The number of sulfonamides is 1. The highest BCUT2D eigenvalue weighted by Crippen LogP contribution is 2.18. The summed E-state index contributed by atoms with van der Waals surface area (Å²) < 4.78 is 32.0. The SMILES string of the molecule is Cc1noc(C)c1S(=O)(=O)NCCc1nc2ccccc2[nH]1. The fraction of sp³-hybridized carbons (Fsp3) is 0.286. The Hall–Kier alpha value is -2.19. The van der Waals surface area contributed by atoms with Crippen LogP contribution < -0.4 is 4.72 Å². The van der Waals surface area contributed by atoms with Crippen LogP contribution in [0, 0.1) is 13.8 Å². The lowest BCUT2D eigenvalue weighted by Gasteiger charge is -2.04. The Morgan fingerprint density at radius 3 is 2.73 bits per heavy atom.